The standard InChI is InChI=1S/C24H27N3O3S/c1-15(2)27-23(30)20-7-5-6-8-21(20)26-24(27)31-16(3)22(29)19-11-9-18(10-12-19)13-14-25-17(4)28/h5-12,15-16H,13-14H2,1-4H3,(H,25,28). The summed E-state index contributed by atoms with van der Waals surface area (Å²) in [5.41, 5.74) is 2.21. The summed E-state index contributed by atoms with van der Waals surface area (Å²) in [6, 6.07) is 14.6. The molecule has 7 heteroatoms. The van der Waals surface area contributed by atoms with Crippen molar-refractivity contribution in [2.45, 2.75) is 50.6 Å². The minimum absolute atomic E-state index is 0.0175. The van der Waals surface area contributed by atoms with Crippen molar-refractivity contribution in [3.05, 3.63) is 70.0 Å². The summed E-state index contributed by atoms with van der Waals surface area (Å²) in [7, 11) is 0. The average Bonchev–Trinajstić information content (AvgIpc) is 2.73. The van der Waals surface area contributed by atoms with Gasteiger partial charge in [-0.3, -0.25) is 19.0 Å². The number of aromatic nitrogens is 2. The molecule has 3 rings (SSSR count). The number of thioether (sulfide) groups is 1. The second kappa shape index (κ2) is 9.92. The minimum Gasteiger partial charge on any atom is -0.356 e. The molecule has 0 aliphatic rings. The number of Topliss-reactive ketones (excluding diaryl/α,β-unsaturated/α-hetero) is 1. The number of amides is 1. The van der Waals surface area contributed by atoms with Gasteiger partial charge in [0, 0.05) is 25.1 Å². The Morgan fingerprint density at radius 2 is 1.74 bits per heavy atom. The van der Waals surface area contributed by atoms with Crippen LogP contribution in [0.15, 0.2) is 58.5 Å². The molecule has 162 valence electrons. The highest BCUT2D eigenvalue weighted by Crippen LogP contribution is 2.27. The first-order valence-electron chi connectivity index (χ1n) is 10.3. The molecule has 6 nitrogen and oxygen atoms in total. The minimum atomic E-state index is -0.400. The van der Waals surface area contributed by atoms with Gasteiger partial charge in [-0.15, -0.1) is 0 Å². The predicted molar refractivity (Wildman–Crippen MR) is 125 cm³/mol. The van der Waals surface area contributed by atoms with Crippen LogP contribution in [0.1, 0.15) is 49.7 Å². The lowest BCUT2D eigenvalue weighted by molar-refractivity contribution is -0.118. The van der Waals surface area contributed by atoms with Gasteiger partial charge in [0.2, 0.25) is 5.91 Å². The maximum absolute atomic E-state index is 13.0. The fourth-order valence-electron chi connectivity index (χ4n) is 3.33. The Labute approximate surface area is 186 Å². The van der Waals surface area contributed by atoms with Gasteiger partial charge in [0.15, 0.2) is 10.9 Å². The molecular weight excluding hydrogens is 410 g/mol. The van der Waals surface area contributed by atoms with Crippen LogP contribution in [0.5, 0.6) is 0 Å². The number of nitrogens with zero attached hydrogens (tertiary/aromatic N) is 2. The summed E-state index contributed by atoms with van der Waals surface area (Å²) in [5.74, 6) is -0.0732. The molecule has 3 aromatic rings. The van der Waals surface area contributed by atoms with E-state index in [9.17, 15) is 14.4 Å². The molecule has 1 atom stereocenters. The van der Waals surface area contributed by atoms with Gasteiger partial charge in [0.25, 0.3) is 5.56 Å². The van der Waals surface area contributed by atoms with Gasteiger partial charge in [-0.1, -0.05) is 48.2 Å². The van der Waals surface area contributed by atoms with E-state index in [1.165, 1.54) is 18.7 Å². The Morgan fingerprint density at radius 3 is 2.39 bits per heavy atom. The highest BCUT2D eigenvalue weighted by atomic mass is 32.2. The Hall–Kier alpha value is -2.93. The van der Waals surface area contributed by atoms with Crippen LogP contribution in [0.25, 0.3) is 10.9 Å². The number of nitrogens with one attached hydrogen (secondary N) is 1. The second-order valence-corrected chi connectivity index (χ2v) is 9.04. The fraction of sp³-hybridized carbons (Fsp3) is 0.333. The van der Waals surface area contributed by atoms with Crippen LogP contribution in [0.4, 0.5) is 0 Å². The van der Waals surface area contributed by atoms with E-state index >= 15 is 0 Å². The number of para-hydroxylation sites is 1. The molecule has 0 aliphatic heterocycles. The topological polar surface area (TPSA) is 81.1 Å². The van der Waals surface area contributed by atoms with Crippen LogP contribution in [0.2, 0.25) is 0 Å². The van der Waals surface area contributed by atoms with E-state index < -0.39 is 5.25 Å². The summed E-state index contributed by atoms with van der Waals surface area (Å²) >= 11 is 1.31. The molecule has 0 radical (unpaired) electrons. The molecular formula is C24H27N3O3S. The Bertz CT molecular complexity index is 1150. The molecule has 0 bridgehead atoms. The van der Waals surface area contributed by atoms with Crippen molar-refractivity contribution < 1.29 is 9.59 Å². The third kappa shape index (κ3) is 5.41. The number of fused-ring (bicyclic) bond motifs is 1. The summed E-state index contributed by atoms with van der Waals surface area (Å²) in [5, 5.41) is 3.49. The number of carbonyl (C=O) groups excluding carboxylic acids is 2. The van der Waals surface area contributed by atoms with Crippen LogP contribution in [-0.2, 0) is 11.2 Å². The van der Waals surface area contributed by atoms with Crippen molar-refractivity contribution in [2.24, 2.45) is 0 Å². The number of hydrogen-bond donors (Lipinski definition) is 1. The lowest BCUT2D eigenvalue weighted by atomic mass is 10.0. The van der Waals surface area contributed by atoms with Gasteiger partial charge < -0.3 is 5.32 Å². The second-order valence-electron chi connectivity index (χ2n) is 7.73. The van der Waals surface area contributed by atoms with Crippen LogP contribution in [0, 0.1) is 0 Å². The molecule has 0 aliphatic carbocycles. The van der Waals surface area contributed by atoms with E-state index in [4.69, 9.17) is 0 Å². The number of carbonyl (C=O) groups is 2. The third-order valence-corrected chi connectivity index (χ3v) is 6.04. The monoisotopic (exact) mass is 437 g/mol. The Balaban J connectivity index is 1.79. The maximum atomic E-state index is 13.0. The van der Waals surface area contributed by atoms with Gasteiger partial charge in [-0.05, 0) is 44.9 Å². The van der Waals surface area contributed by atoms with Crippen LogP contribution in [-0.4, -0.2) is 33.0 Å². The first-order valence-corrected chi connectivity index (χ1v) is 11.2. The van der Waals surface area contributed by atoms with Gasteiger partial charge >= 0.3 is 0 Å². The van der Waals surface area contributed by atoms with Crippen LogP contribution < -0.4 is 10.9 Å². The molecule has 0 saturated carbocycles. The SMILES string of the molecule is CC(=O)NCCc1ccc(C(=O)C(C)Sc2nc3ccccc3c(=O)n2C(C)C)cc1. The van der Waals surface area contributed by atoms with E-state index in [1.54, 1.807) is 10.6 Å². The van der Waals surface area contributed by atoms with Gasteiger partial charge in [-0.25, -0.2) is 4.98 Å². The molecule has 0 spiro atoms. The Kier molecular flexibility index (Phi) is 7.28. The number of hydrogen-bond acceptors (Lipinski definition) is 5. The number of rotatable bonds is 8. The third-order valence-electron chi connectivity index (χ3n) is 4.97. The molecule has 1 aromatic heterocycles. The lowest BCUT2D eigenvalue weighted by Gasteiger charge is -2.18. The van der Waals surface area contributed by atoms with E-state index in [0.29, 0.717) is 34.6 Å². The van der Waals surface area contributed by atoms with Crippen LogP contribution in [0.3, 0.4) is 0 Å². The van der Waals surface area contributed by atoms with Crippen molar-refractivity contribution in [1.29, 1.82) is 0 Å². The van der Waals surface area contributed by atoms with Crippen LogP contribution >= 0.6 is 11.8 Å². The normalized spacial score (nSPS) is 12.2. The van der Waals surface area contributed by atoms with Crippen molar-refractivity contribution in [2.75, 3.05) is 6.54 Å². The Morgan fingerprint density at radius 1 is 1.06 bits per heavy atom. The quantitative estimate of drug-likeness (QED) is 0.327. The van der Waals surface area contributed by atoms with Gasteiger partial charge in [-0.2, -0.15) is 0 Å². The van der Waals surface area contributed by atoms with Crippen molar-refractivity contribution in [3.8, 4) is 0 Å². The molecule has 1 unspecified atom stereocenters. The zero-order chi connectivity index (χ0) is 22.5. The lowest BCUT2D eigenvalue weighted by Crippen LogP contribution is -2.26. The van der Waals surface area contributed by atoms with Gasteiger partial charge in [0.05, 0.1) is 16.2 Å². The largest absolute Gasteiger partial charge is 0.356 e. The van der Waals surface area contributed by atoms with Crippen molar-refractivity contribution in [1.82, 2.24) is 14.9 Å². The molecule has 0 fully saturated rings. The van der Waals surface area contributed by atoms with E-state index in [2.05, 4.69) is 10.3 Å². The molecule has 1 amide bonds. The first kappa shape index (κ1) is 22.7. The highest BCUT2D eigenvalue weighted by molar-refractivity contribution is 8.00. The summed E-state index contributed by atoms with van der Waals surface area (Å²) in [6.07, 6.45) is 0.708. The van der Waals surface area contributed by atoms with E-state index in [0.717, 1.165) is 5.56 Å². The molecule has 0 saturated heterocycles. The average molecular weight is 438 g/mol. The summed E-state index contributed by atoms with van der Waals surface area (Å²) < 4.78 is 1.65. The van der Waals surface area contributed by atoms with Gasteiger partial charge in [0.1, 0.15) is 0 Å². The van der Waals surface area contributed by atoms with Crippen molar-refractivity contribution in [3.63, 3.8) is 0 Å². The molecule has 31 heavy (non-hydrogen) atoms. The first-order chi connectivity index (χ1) is 14.8. The zero-order valence-electron chi connectivity index (χ0n) is 18.2. The summed E-state index contributed by atoms with van der Waals surface area (Å²) in [4.78, 5) is 41.6. The molecule has 1 N–H and O–H groups in total. The summed E-state index contributed by atoms with van der Waals surface area (Å²) in [6.45, 7) is 7.77. The fourth-order valence-corrected chi connectivity index (χ4v) is 4.45. The molecule has 2 aromatic carbocycles. The van der Waals surface area contributed by atoms with E-state index in [-0.39, 0.29) is 23.3 Å². The zero-order valence-corrected chi connectivity index (χ0v) is 19.0. The molecule has 1 heterocycles. The highest BCUT2D eigenvalue weighted by Gasteiger charge is 2.21. The van der Waals surface area contributed by atoms with Crippen molar-refractivity contribution >= 4 is 34.4 Å². The number of benzene rings is 2. The van der Waals surface area contributed by atoms with E-state index in [1.807, 2.05) is 63.2 Å². The maximum Gasteiger partial charge on any atom is 0.262 e. The number of ketones is 1. The predicted octanol–water partition coefficient (Wildman–Crippen LogP) is 4.02. The smallest absolute Gasteiger partial charge is 0.262 e.